The van der Waals surface area contributed by atoms with Gasteiger partial charge in [-0.25, -0.2) is 0 Å². The topological polar surface area (TPSA) is 75.4 Å². The van der Waals surface area contributed by atoms with Crippen molar-refractivity contribution in [2.75, 3.05) is 25.4 Å². The van der Waals surface area contributed by atoms with E-state index in [0.717, 1.165) is 18.4 Å². The standard InChI is InChI=1S/C16H25N3O2.ClH/c1-4-8-18-15(20)11-19(9-5-2)16(21)14-10-13(17)7-6-12(14)3;/h6-7,10H,4-5,8-9,11,17H2,1-3H3,(H,18,20);1H. The van der Waals surface area contributed by atoms with Gasteiger partial charge in [0.15, 0.2) is 0 Å². The van der Waals surface area contributed by atoms with Gasteiger partial charge in [0.2, 0.25) is 5.91 Å². The molecule has 0 unspecified atom stereocenters. The van der Waals surface area contributed by atoms with Crippen molar-refractivity contribution in [3.05, 3.63) is 29.3 Å². The van der Waals surface area contributed by atoms with E-state index in [4.69, 9.17) is 5.73 Å². The van der Waals surface area contributed by atoms with Gasteiger partial charge in [-0.3, -0.25) is 9.59 Å². The molecule has 0 aliphatic rings. The molecule has 0 aliphatic carbocycles. The summed E-state index contributed by atoms with van der Waals surface area (Å²) < 4.78 is 0. The SMILES string of the molecule is CCCNC(=O)CN(CCC)C(=O)c1cc(N)ccc1C.Cl. The van der Waals surface area contributed by atoms with Gasteiger partial charge in [0.05, 0.1) is 6.54 Å². The molecule has 0 spiro atoms. The van der Waals surface area contributed by atoms with Crippen LogP contribution in [0.25, 0.3) is 0 Å². The van der Waals surface area contributed by atoms with Gasteiger partial charge in [-0.2, -0.15) is 0 Å². The van der Waals surface area contributed by atoms with E-state index in [-0.39, 0.29) is 30.8 Å². The fourth-order valence-electron chi connectivity index (χ4n) is 2.06. The van der Waals surface area contributed by atoms with Gasteiger partial charge in [-0.1, -0.05) is 19.9 Å². The van der Waals surface area contributed by atoms with Crippen molar-refractivity contribution < 1.29 is 9.59 Å². The second kappa shape index (κ2) is 10.1. The zero-order valence-corrected chi connectivity index (χ0v) is 14.3. The predicted octanol–water partition coefficient (Wildman–Crippen LogP) is 2.38. The Morgan fingerprint density at radius 1 is 1.23 bits per heavy atom. The lowest BCUT2D eigenvalue weighted by atomic mass is 10.1. The molecular formula is C16H26ClN3O2. The fraction of sp³-hybridized carbons (Fsp3) is 0.500. The molecule has 0 fully saturated rings. The average Bonchev–Trinajstić information content (AvgIpc) is 2.46. The number of carbonyl (C=O) groups is 2. The number of aryl methyl sites for hydroxylation is 1. The molecule has 0 saturated carbocycles. The van der Waals surface area contributed by atoms with Crippen molar-refractivity contribution in [2.45, 2.75) is 33.6 Å². The summed E-state index contributed by atoms with van der Waals surface area (Å²) in [6, 6.07) is 5.26. The summed E-state index contributed by atoms with van der Waals surface area (Å²) in [6.45, 7) is 7.10. The first-order valence-corrected chi connectivity index (χ1v) is 7.41. The van der Waals surface area contributed by atoms with E-state index in [1.807, 2.05) is 26.8 Å². The third-order valence-electron chi connectivity index (χ3n) is 3.18. The maximum absolute atomic E-state index is 12.6. The van der Waals surface area contributed by atoms with Crippen LogP contribution >= 0.6 is 12.4 Å². The normalized spacial score (nSPS) is 9.77. The van der Waals surface area contributed by atoms with Gasteiger partial charge in [-0.05, 0) is 37.5 Å². The van der Waals surface area contributed by atoms with E-state index in [1.54, 1.807) is 17.0 Å². The minimum absolute atomic E-state index is 0. The fourth-order valence-corrected chi connectivity index (χ4v) is 2.06. The van der Waals surface area contributed by atoms with Gasteiger partial charge in [0.25, 0.3) is 5.91 Å². The number of nitrogen functional groups attached to an aromatic ring is 1. The molecule has 2 amide bonds. The molecule has 22 heavy (non-hydrogen) atoms. The summed E-state index contributed by atoms with van der Waals surface area (Å²) in [5, 5.41) is 2.80. The van der Waals surface area contributed by atoms with Crippen molar-refractivity contribution in [1.29, 1.82) is 0 Å². The van der Waals surface area contributed by atoms with E-state index >= 15 is 0 Å². The monoisotopic (exact) mass is 327 g/mol. The highest BCUT2D eigenvalue weighted by Crippen LogP contribution is 2.15. The summed E-state index contributed by atoms with van der Waals surface area (Å²) in [5.41, 5.74) is 7.73. The molecule has 0 aromatic heterocycles. The van der Waals surface area contributed by atoms with Crippen molar-refractivity contribution in [1.82, 2.24) is 10.2 Å². The number of carbonyl (C=O) groups excluding carboxylic acids is 2. The maximum Gasteiger partial charge on any atom is 0.254 e. The predicted molar refractivity (Wildman–Crippen MR) is 92.3 cm³/mol. The molecule has 0 saturated heterocycles. The van der Waals surface area contributed by atoms with Crippen LogP contribution in [0.4, 0.5) is 5.69 Å². The lowest BCUT2D eigenvalue weighted by molar-refractivity contribution is -0.121. The Balaban J connectivity index is 0.00000441. The van der Waals surface area contributed by atoms with Crippen LogP contribution in [0.1, 0.15) is 42.6 Å². The van der Waals surface area contributed by atoms with E-state index < -0.39 is 0 Å². The number of nitrogens with one attached hydrogen (secondary N) is 1. The van der Waals surface area contributed by atoms with Crippen LogP contribution in [0, 0.1) is 6.92 Å². The molecular weight excluding hydrogens is 302 g/mol. The van der Waals surface area contributed by atoms with Gasteiger partial charge in [-0.15, -0.1) is 12.4 Å². The number of amides is 2. The van der Waals surface area contributed by atoms with E-state index in [2.05, 4.69) is 5.32 Å². The first-order valence-electron chi connectivity index (χ1n) is 7.41. The van der Waals surface area contributed by atoms with Crippen molar-refractivity contribution in [3.8, 4) is 0 Å². The number of halogens is 1. The number of hydrogen-bond acceptors (Lipinski definition) is 3. The number of rotatable bonds is 7. The molecule has 1 rings (SSSR count). The van der Waals surface area contributed by atoms with E-state index in [0.29, 0.717) is 24.3 Å². The average molecular weight is 328 g/mol. The van der Waals surface area contributed by atoms with Crippen molar-refractivity contribution in [2.24, 2.45) is 0 Å². The minimum Gasteiger partial charge on any atom is -0.399 e. The third-order valence-corrected chi connectivity index (χ3v) is 3.18. The quantitative estimate of drug-likeness (QED) is 0.755. The molecule has 0 bridgehead atoms. The minimum atomic E-state index is -0.145. The second-order valence-electron chi connectivity index (χ2n) is 5.15. The largest absolute Gasteiger partial charge is 0.399 e. The third kappa shape index (κ3) is 5.93. The Kier molecular flexibility index (Phi) is 9.26. The number of nitrogens with two attached hydrogens (primary N) is 1. The summed E-state index contributed by atoms with van der Waals surface area (Å²) in [5.74, 6) is -0.270. The maximum atomic E-state index is 12.6. The molecule has 0 aliphatic heterocycles. The van der Waals surface area contributed by atoms with Crippen LogP contribution in [0.2, 0.25) is 0 Å². The first-order chi connectivity index (χ1) is 9.99. The number of benzene rings is 1. The highest BCUT2D eigenvalue weighted by atomic mass is 35.5. The summed E-state index contributed by atoms with van der Waals surface area (Å²) in [4.78, 5) is 26.0. The van der Waals surface area contributed by atoms with Gasteiger partial charge >= 0.3 is 0 Å². The van der Waals surface area contributed by atoms with Crippen LogP contribution in [0.3, 0.4) is 0 Å². The lowest BCUT2D eigenvalue weighted by Crippen LogP contribution is -2.41. The molecule has 0 radical (unpaired) electrons. The van der Waals surface area contributed by atoms with Gasteiger partial charge < -0.3 is 16.0 Å². The molecule has 124 valence electrons. The smallest absolute Gasteiger partial charge is 0.254 e. The Morgan fingerprint density at radius 3 is 2.50 bits per heavy atom. The molecule has 1 aromatic rings. The summed E-state index contributed by atoms with van der Waals surface area (Å²) >= 11 is 0. The van der Waals surface area contributed by atoms with E-state index in [9.17, 15) is 9.59 Å². The van der Waals surface area contributed by atoms with Crippen molar-refractivity contribution in [3.63, 3.8) is 0 Å². The van der Waals surface area contributed by atoms with Gasteiger partial charge in [0, 0.05) is 24.3 Å². The summed E-state index contributed by atoms with van der Waals surface area (Å²) in [7, 11) is 0. The molecule has 0 heterocycles. The first kappa shape index (κ1) is 20.2. The molecule has 0 atom stereocenters. The Hall–Kier alpha value is -1.75. The highest BCUT2D eigenvalue weighted by Gasteiger charge is 2.19. The molecule has 5 nitrogen and oxygen atoms in total. The Morgan fingerprint density at radius 2 is 1.91 bits per heavy atom. The molecule has 6 heteroatoms. The van der Waals surface area contributed by atoms with Crippen LogP contribution in [0.5, 0.6) is 0 Å². The molecule has 1 aromatic carbocycles. The zero-order chi connectivity index (χ0) is 15.8. The van der Waals surface area contributed by atoms with Crippen LogP contribution in [-0.2, 0) is 4.79 Å². The number of anilines is 1. The van der Waals surface area contributed by atoms with Crippen LogP contribution < -0.4 is 11.1 Å². The Bertz CT molecular complexity index is 506. The summed E-state index contributed by atoms with van der Waals surface area (Å²) in [6.07, 6.45) is 1.68. The number of hydrogen-bond donors (Lipinski definition) is 2. The van der Waals surface area contributed by atoms with Crippen LogP contribution in [0.15, 0.2) is 18.2 Å². The van der Waals surface area contributed by atoms with Gasteiger partial charge in [0.1, 0.15) is 0 Å². The second-order valence-corrected chi connectivity index (χ2v) is 5.15. The molecule has 3 N–H and O–H groups in total. The Labute approximate surface area is 138 Å². The van der Waals surface area contributed by atoms with Crippen LogP contribution in [-0.4, -0.2) is 36.3 Å². The lowest BCUT2D eigenvalue weighted by Gasteiger charge is -2.22. The highest BCUT2D eigenvalue weighted by molar-refractivity contribution is 5.98. The number of nitrogens with zero attached hydrogens (tertiary/aromatic N) is 1. The zero-order valence-electron chi connectivity index (χ0n) is 13.5. The van der Waals surface area contributed by atoms with E-state index in [1.165, 1.54) is 0 Å². The van der Waals surface area contributed by atoms with Crippen molar-refractivity contribution >= 4 is 29.9 Å².